The van der Waals surface area contributed by atoms with Gasteiger partial charge in [-0.15, -0.1) is 0 Å². The minimum atomic E-state index is -1.32. The summed E-state index contributed by atoms with van der Waals surface area (Å²) in [5.74, 6) is 0. The van der Waals surface area contributed by atoms with Crippen LogP contribution in [0, 0.1) is 12.0 Å². The van der Waals surface area contributed by atoms with Crippen molar-refractivity contribution in [1.82, 2.24) is 0 Å². The number of rotatable bonds is 2. The summed E-state index contributed by atoms with van der Waals surface area (Å²) in [4.78, 5) is 0. The molecule has 1 radical (unpaired) electrons. The Hall–Kier alpha value is 0.177. The van der Waals surface area contributed by atoms with Crippen LogP contribution in [0.5, 0.6) is 0 Å². The summed E-state index contributed by atoms with van der Waals surface area (Å²) in [5, 5.41) is 0. The molecule has 0 heterocycles. The third-order valence-corrected chi connectivity index (χ3v) is 1.59. The van der Waals surface area contributed by atoms with Gasteiger partial charge in [-0.2, -0.15) is 0 Å². The second-order valence-corrected chi connectivity index (χ2v) is 9.17. The first kappa shape index (κ1) is 10.2. The molecule has 0 fully saturated rings. The Morgan fingerprint density at radius 1 is 1.10 bits per heavy atom. The van der Waals surface area contributed by atoms with E-state index >= 15 is 0 Å². The standard InChI is InChI=1S/C8H19OSi/c1-8(2,3)7-9-10(4,5)6/h7H,1-6H3. The van der Waals surface area contributed by atoms with Gasteiger partial charge < -0.3 is 4.43 Å². The number of hydrogen-bond donors (Lipinski definition) is 0. The zero-order valence-corrected chi connectivity index (χ0v) is 8.99. The predicted octanol–water partition coefficient (Wildman–Crippen LogP) is 3.05. The minimum absolute atomic E-state index is 0.195. The van der Waals surface area contributed by atoms with Crippen molar-refractivity contribution in [1.29, 1.82) is 0 Å². The largest absolute Gasteiger partial charge is 0.412 e. The highest BCUT2D eigenvalue weighted by molar-refractivity contribution is 6.69. The monoisotopic (exact) mass is 159 g/mol. The quantitative estimate of drug-likeness (QED) is 0.563. The van der Waals surface area contributed by atoms with Crippen molar-refractivity contribution in [3.05, 3.63) is 6.61 Å². The van der Waals surface area contributed by atoms with Gasteiger partial charge in [0, 0.05) is 0 Å². The molecule has 0 atom stereocenters. The van der Waals surface area contributed by atoms with Crippen molar-refractivity contribution >= 4 is 8.32 Å². The van der Waals surface area contributed by atoms with Crippen LogP contribution in [0.15, 0.2) is 0 Å². The van der Waals surface area contributed by atoms with Crippen molar-refractivity contribution in [3.8, 4) is 0 Å². The summed E-state index contributed by atoms with van der Waals surface area (Å²) < 4.78 is 5.61. The maximum atomic E-state index is 5.61. The zero-order valence-electron chi connectivity index (χ0n) is 7.99. The summed E-state index contributed by atoms with van der Waals surface area (Å²) in [7, 11) is -1.32. The SMILES string of the molecule is CC(C)(C)[CH]O[Si](C)(C)C. The first-order chi connectivity index (χ1) is 4.21. The Labute approximate surface area is 65.9 Å². The smallest absolute Gasteiger partial charge is 0.184 e. The summed E-state index contributed by atoms with van der Waals surface area (Å²) in [6.07, 6.45) is 0. The van der Waals surface area contributed by atoms with E-state index in [0.29, 0.717) is 0 Å². The Balaban J connectivity index is 3.56. The molecular formula is C8H19OSi. The molecule has 0 spiro atoms. The van der Waals surface area contributed by atoms with Gasteiger partial charge in [0.15, 0.2) is 8.32 Å². The van der Waals surface area contributed by atoms with Crippen LogP contribution >= 0.6 is 0 Å². The van der Waals surface area contributed by atoms with Crippen LogP contribution in [0.1, 0.15) is 20.8 Å². The highest BCUT2D eigenvalue weighted by Gasteiger charge is 2.19. The first-order valence-electron chi connectivity index (χ1n) is 3.73. The van der Waals surface area contributed by atoms with Crippen LogP contribution in [0.3, 0.4) is 0 Å². The van der Waals surface area contributed by atoms with Gasteiger partial charge in [0.2, 0.25) is 0 Å². The van der Waals surface area contributed by atoms with Crippen LogP contribution in [-0.4, -0.2) is 8.32 Å². The molecule has 0 aliphatic carbocycles. The van der Waals surface area contributed by atoms with Crippen LogP contribution in [-0.2, 0) is 4.43 Å². The first-order valence-corrected chi connectivity index (χ1v) is 7.14. The van der Waals surface area contributed by atoms with Gasteiger partial charge in [0.05, 0.1) is 6.61 Å². The maximum absolute atomic E-state index is 5.61. The van der Waals surface area contributed by atoms with E-state index in [4.69, 9.17) is 4.43 Å². The fourth-order valence-electron chi connectivity index (χ4n) is 0.354. The van der Waals surface area contributed by atoms with Crippen LogP contribution in [0.2, 0.25) is 19.6 Å². The van der Waals surface area contributed by atoms with E-state index in [0.717, 1.165) is 0 Å². The van der Waals surface area contributed by atoms with E-state index in [-0.39, 0.29) is 5.41 Å². The molecule has 0 aromatic rings. The molecule has 0 aromatic heterocycles. The molecule has 0 bridgehead atoms. The van der Waals surface area contributed by atoms with E-state index in [1.54, 1.807) is 0 Å². The van der Waals surface area contributed by atoms with Crippen molar-refractivity contribution in [2.24, 2.45) is 5.41 Å². The highest BCUT2D eigenvalue weighted by atomic mass is 28.4. The third kappa shape index (κ3) is 8.18. The van der Waals surface area contributed by atoms with E-state index in [2.05, 4.69) is 40.4 Å². The lowest BCUT2D eigenvalue weighted by Gasteiger charge is -2.24. The molecule has 0 aliphatic rings. The summed E-state index contributed by atoms with van der Waals surface area (Å²) >= 11 is 0. The molecule has 1 nitrogen and oxygen atoms in total. The summed E-state index contributed by atoms with van der Waals surface area (Å²) in [5.41, 5.74) is 0.195. The summed E-state index contributed by atoms with van der Waals surface area (Å²) in [6, 6.07) is 0. The van der Waals surface area contributed by atoms with E-state index in [1.807, 2.05) is 6.61 Å². The molecule has 10 heavy (non-hydrogen) atoms. The van der Waals surface area contributed by atoms with Crippen LogP contribution in [0.4, 0.5) is 0 Å². The van der Waals surface area contributed by atoms with Gasteiger partial charge in [-0.1, -0.05) is 20.8 Å². The van der Waals surface area contributed by atoms with Crippen molar-refractivity contribution in [3.63, 3.8) is 0 Å². The van der Waals surface area contributed by atoms with Gasteiger partial charge in [-0.25, -0.2) is 0 Å². The fraction of sp³-hybridized carbons (Fsp3) is 0.875. The molecule has 0 rings (SSSR count). The molecule has 0 unspecified atom stereocenters. The Bertz CT molecular complexity index is 82.8. The van der Waals surface area contributed by atoms with Crippen LogP contribution < -0.4 is 0 Å². The maximum Gasteiger partial charge on any atom is 0.184 e. The lowest BCUT2D eigenvalue weighted by atomic mass is 9.99. The molecule has 0 N–H and O–H groups in total. The van der Waals surface area contributed by atoms with E-state index in [1.165, 1.54) is 0 Å². The van der Waals surface area contributed by atoms with Gasteiger partial charge >= 0.3 is 0 Å². The Morgan fingerprint density at radius 3 is 1.60 bits per heavy atom. The lowest BCUT2D eigenvalue weighted by Crippen LogP contribution is -2.27. The molecule has 0 aliphatic heterocycles. The number of hydrogen-bond acceptors (Lipinski definition) is 1. The van der Waals surface area contributed by atoms with E-state index < -0.39 is 8.32 Å². The molecular weight excluding hydrogens is 140 g/mol. The predicted molar refractivity (Wildman–Crippen MR) is 48.2 cm³/mol. The van der Waals surface area contributed by atoms with Gasteiger partial charge in [-0.3, -0.25) is 0 Å². The van der Waals surface area contributed by atoms with Gasteiger partial charge in [0.25, 0.3) is 0 Å². The second kappa shape index (κ2) is 3.05. The Kier molecular flexibility index (Phi) is 3.11. The molecule has 0 saturated heterocycles. The average Bonchev–Trinajstić information content (AvgIpc) is 1.57. The molecule has 61 valence electrons. The molecule has 0 amide bonds. The zero-order chi connectivity index (χ0) is 8.41. The third-order valence-electron chi connectivity index (χ3n) is 0.766. The normalized spacial score (nSPS) is 13.8. The van der Waals surface area contributed by atoms with Crippen LogP contribution in [0.25, 0.3) is 0 Å². The molecule has 0 saturated carbocycles. The molecule has 2 heteroatoms. The van der Waals surface area contributed by atoms with Crippen molar-refractivity contribution < 1.29 is 4.43 Å². The molecule has 0 aromatic carbocycles. The summed E-state index contributed by atoms with van der Waals surface area (Å²) in [6.45, 7) is 15.0. The van der Waals surface area contributed by atoms with E-state index in [9.17, 15) is 0 Å². The Morgan fingerprint density at radius 2 is 1.50 bits per heavy atom. The van der Waals surface area contributed by atoms with Gasteiger partial charge in [-0.05, 0) is 25.1 Å². The van der Waals surface area contributed by atoms with Crippen molar-refractivity contribution in [2.45, 2.75) is 40.4 Å². The topological polar surface area (TPSA) is 9.23 Å². The minimum Gasteiger partial charge on any atom is -0.412 e. The average molecular weight is 159 g/mol. The lowest BCUT2D eigenvalue weighted by molar-refractivity contribution is 0.275. The fourth-order valence-corrected chi connectivity index (χ4v) is 1.06. The van der Waals surface area contributed by atoms with Gasteiger partial charge in [0.1, 0.15) is 0 Å². The van der Waals surface area contributed by atoms with Crippen molar-refractivity contribution in [2.75, 3.05) is 0 Å². The second-order valence-electron chi connectivity index (χ2n) is 4.71. The highest BCUT2D eigenvalue weighted by Crippen LogP contribution is 2.20.